The summed E-state index contributed by atoms with van der Waals surface area (Å²) in [6.45, 7) is 8.03. The Morgan fingerprint density at radius 1 is 0.833 bits per heavy atom. The van der Waals surface area contributed by atoms with Crippen molar-refractivity contribution in [2.24, 2.45) is 0 Å². The molecule has 7 nitrogen and oxygen atoms in total. The van der Waals surface area contributed by atoms with Gasteiger partial charge in [0.1, 0.15) is 0 Å². The third-order valence-electron chi connectivity index (χ3n) is 1.47. The van der Waals surface area contributed by atoms with Crippen LogP contribution in [0, 0.1) is 0 Å². The molecule has 0 fully saturated rings. The molecule has 0 aliphatic rings. The quantitative estimate of drug-likeness (QED) is 0.194. The van der Waals surface area contributed by atoms with E-state index in [9.17, 15) is 0 Å². The van der Waals surface area contributed by atoms with Crippen molar-refractivity contribution < 1.29 is 32.8 Å². The van der Waals surface area contributed by atoms with Crippen LogP contribution < -0.4 is 0 Å². The summed E-state index contributed by atoms with van der Waals surface area (Å²) in [5.74, 6) is 0. The van der Waals surface area contributed by atoms with Gasteiger partial charge in [-0.15, -0.1) is 12.6 Å². The molecule has 0 bridgehead atoms. The van der Waals surface area contributed by atoms with Gasteiger partial charge >= 0.3 is 9.05 Å². The van der Waals surface area contributed by atoms with Crippen LogP contribution in [0.4, 0.5) is 0 Å². The van der Waals surface area contributed by atoms with Crippen LogP contribution >= 0.6 is 12.6 Å². The minimum absolute atomic E-state index is 0.298. The summed E-state index contributed by atoms with van der Waals surface area (Å²) in [5.41, 5.74) is -0.446. The van der Waals surface area contributed by atoms with Gasteiger partial charge in [0.15, 0.2) is 0 Å². The van der Waals surface area contributed by atoms with Crippen molar-refractivity contribution in [1.82, 2.24) is 0 Å². The maximum atomic E-state index is 5.45. The van der Waals surface area contributed by atoms with Crippen molar-refractivity contribution in [3.8, 4) is 0 Å². The molecule has 9 heteroatoms. The van der Waals surface area contributed by atoms with Crippen LogP contribution in [0.5, 0.6) is 0 Å². The third-order valence-corrected chi connectivity index (χ3v) is 3.67. The highest BCUT2D eigenvalue weighted by molar-refractivity contribution is 7.80. The summed E-state index contributed by atoms with van der Waals surface area (Å²) in [6.07, 6.45) is 0.623. The van der Waals surface area contributed by atoms with E-state index >= 15 is 0 Å². The van der Waals surface area contributed by atoms with E-state index in [-0.39, 0.29) is 0 Å². The minimum atomic E-state index is -3.69. The second-order valence-corrected chi connectivity index (χ2v) is 5.26. The van der Waals surface area contributed by atoms with Gasteiger partial charge in [0, 0.05) is 0 Å². The third kappa shape index (κ3) is 7.66. The zero-order valence-electron chi connectivity index (χ0n) is 11.2. The second kappa shape index (κ2) is 11.1. The van der Waals surface area contributed by atoms with E-state index in [4.69, 9.17) is 32.8 Å². The van der Waals surface area contributed by atoms with E-state index in [0.717, 1.165) is 0 Å². The molecule has 1 unspecified atom stereocenters. The van der Waals surface area contributed by atoms with Gasteiger partial charge in [0.2, 0.25) is 0 Å². The Labute approximate surface area is 114 Å². The Kier molecular flexibility index (Phi) is 11.3. The molecule has 0 aromatic carbocycles. The molecule has 18 heavy (non-hydrogen) atoms. The molecule has 0 saturated heterocycles. The summed E-state index contributed by atoms with van der Waals surface area (Å²) in [5, 5.41) is 0. The maximum Gasteiger partial charge on any atom is 0.765 e. The first kappa shape index (κ1) is 18.3. The van der Waals surface area contributed by atoms with Crippen LogP contribution in [-0.2, 0) is 32.8 Å². The summed E-state index contributed by atoms with van der Waals surface area (Å²) >= 11 is 4.20. The largest absolute Gasteiger partial charge is 0.765 e. The first-order valence-electron chi connectivity index (χ1n) is 5.91. The van der Waals surface area contributed by atoms with Gasteiger partial charge in [-0.2, -0.15) is 13.7 Å². The summed E-state index contributed by atoms with van der Waals surface area (Å²) in [7, 11) is -3.69. The van der Waals surface area contributed by atoms with Crippen LogP contribution in [0.1, 0.15) is 34.1 Å². The molecule has 110 valence electrons. The van der Waals surface area contributed by atoms with E-state index in [2.05, 4.69) is 12.6 Å². The van der Waals surface area contributed by atoms with E-state index in [1.54, 1.807) is 20.8 Å². The summed E-state index contributed by atoms with van der Waals surface area (Å²) in [4.78, 5) is 14.5. The molecule has 0 aliphatic carbocycles. The van der Waals surface area contributed by atoms with Gasteiger partial charge < -0.3 is 4.43 Å². The fourth-order valence-corrected chi connectivity index (χ4v) is 2.62. The average molecular weight is 302 g/mol. The van der Waals surface area contributed by atoms with Crippen molar-refractivity contribution >= 4 is 21.7 Å². The topological polar surface area (TPSA) is 64.6 Å². The lowest BCUT2D eigenvalue weighted by Crippen LogP contribution is -2.50. The minimum Gasteiger partial charge on any atom is -0.335 e. The highest BCUT2D eigenvalue weighted by Gasteiger charge is 2.53. The van der Waals surface area contributed by atoms with Gasteiger partial charge in [-0.05, 0) is 27.2 Å². The lowest BCUT2D eigenvalue weighted by molar-refractivity contribution is -0.386. The van der Waals surface area contributed by atoms with Gasteiger partial charge in [-0.1, -0.05) is 6.92 Å². The Bertz CT molecular complexity index is 176. The van der Waals surface area contributed by atoms with E-state index in [0.29, 0.717) is 26.2 Å². The smallest absolute Gasteiger partial charge is 0.335 e. The van der Waals surface area contributed by atoms with Crippen LogP contribution in [0.3, 0.4) is 0 Å². The van der Waals surface area contributed by atoms with Crippen molar-refractivity contribution in [3.05, 3.63) is 0 Å². The Morgan fingerprint density at radius 2 is 1.22 bits per heavy atom. The predicted molar refractivity (Wildman–Crippen MR) is 68.0 cm³/mol. The lowest BCUT2D eigenvalue weighted by Gasteiger charge is -2.26. The fraction of sp³-hybridized carbons (Fsp3) is 1.00. The number of hydrogen-bond acceptors (Lipinski definition) is 8. The number of rotatable bonds is 12. The molecule has 0 heterocycles. The first-order chi connectivity index (χ1) is 8.64. The Balaban J connectivity index is 4.61. The van der Waals surface area contributed by atoms with Crippen molar-refractivity contribution in [2.45, 2.75) is 39.6 Å². The predicted octanol–water partition coefficient (Wildman–Crippen LogP) is 2.01. The number of hydrogen-bond donors (Lipinski definition) is 1. The first-order valence-corrected chi connectivity index (χ1v) is 8.06. The van der Waals surface area contributed by atoms with E-state index < -0.39 is 14.5 Å². The van der Waals surface area contributed by atoms with Gasteiger partial charge in [-0.25, -0.2) is 14.7 Å². The van der Waals surface area contributed by atoms with E-state index in [1.807, 2.05) is 6.92 Å². The van der Waals surface area contributed by atoms with Crippen LogP contribution in [0.2, 0.25) is 0 Å². The molecular weight excluding hydrogens is 280 g/mol. The highest BCUT2D eigenvalue weighted by atomic mass is 32.1. The maximum absolute atomic E-state index is 5.45. The molecule has 0 aromatic rings. The van der Waals surface area contributed by atoms with Crippen molar-refractivity contribution in [1.29, 1.82) is 0 Å². The zero-order chi connectivity index (χ0) is 13.9. The average Bonchev–Trinajstić information content (AvgIpc) is 2.40. The van der Waals surface area contributed by atoms with Crippen LogP contribution in [0.15, 0.2) is 0 Å². The monoisotopic (exact) mass is 302 g/mol. The molecule has 0 amide bonds. The Morgan fingerprint density at radius 3 is 1.50 bits per heavy atom. The molecule has 0 aliphatic heterocycles. The van der Waals surface area contributed by atoms with Gasteiger partial charge in [-0.3, -0.25) is 0 Å². The molecule has 0 rings (SSSR count). The highest BCUT2D eigenvalue weighted by Crippen LogP contribution is 2.19. The van der Waals surface area contributed by atoms with Crippen molar-refractivity contribution in [2.75, 3.05) is 19.8 Å². The standard InChI is InChI=1S/C9H22O7SSi/c1-5-9(17)13-18(14-10-6-2,15-11-7-3)16-12-8-4/h9,17H,5-8H2,1-4H3. The molecule has 0 N–H and O–H groups in total. The van der Waals surface area contributed by atoms with Crippen molar-refractivity contribution in [3.63, 3.8) is 0 Å². The van der Waals surface area contributed by atoms with Gasteiger partial charge in [0.05, 0.1) is 25.3 Å². The second-order valence-electron chi connectivity index (χ2n) is 2.95. The summed E-state index contributed by atoms with van der Waals surface area (Å²) in [6, 6.07) is 0. The van der Waals surface area contributed by atoms with E-state index in [1.165, 1.54) is 0 Å². The lowest BCUT2D eigenvalue weighted by atomic mass is 10.5. The molecular formula is C9H22O7SSi. The molecule has 0 radical (unpaired) electrons. The fourth-order valence-electron chi connectivity index (χ4n) is 0.744. The number of thiol groups is 1. The van der Waals surface area contributed by atoms with Crippen LogP contribution in [-0.4, -0.2) is 34.3 Å². The normalized spacial score (nSPS) is 13.8. The SMILES string of the molecule is CCOO[Si](OOCC)(OOCC)OC(S)CC. The molecule has 0 aromatic heterocycles. The zero-order valence-corrected chi connectivity index (χ0v) is 13.1. The van der Waals surface area contributed by atoms with Crippen LogP contribution in [0.25, 0.3) is 0 Å². The molecule has 0 spiro atoms. The molecule has 1 atom stereocenters. The summed E-state index contributed by atoms with van der Waals surface area (Å²) < 4.78 is 20.5. The molecule has 0 saturated carbocycles. The van der Waals surface area contributed by atoms with Gasteiger partial charge in [0.25, 0.3) is 0 Å². The Hall–Kier alpha value is 0.287.